The van der Waals surface area contributed by atoms with Crippen LogP contribution in [-0.2, 0) is 6.42 Å². The minimum absolute atomic E-state index is 0.210. The molecule has 0 aliphatic heterocycles. The maximum atomic E-state index is 11.9. The van der Waals surface area contributed by atoms with E-state index in [1.54, 1.807) is 0 Å². The summed E-state index contributed by atoms with van der Waals surface area (Å²) in [6.45, 7) is 0.564. The standard InChI is InChI=1S/C19H18ClN3O/c20-16-5-3-15(4-6-16)11-12-21-19(24)22-17-7-9-18(10-8-17)23-13-1-2-14-23/h1-10,13-14H,11-12H2,(H2,21,22,24). The number of hydrogen-bond acceptors (Lipinski definition) is 1. The van der Waals surface area contributed by atoms with Gasteiger partial charge >= 0.3 is 6.03 Å². The Balaban J connectivity index is 1.47. The fourth-order valence-electron chi connectivity index (χ4n) is 2.37. The minimum atomic E-state index is -0.210. The van der Waals surface area contributed by atoms with Crippen LogP contribution in [0, 0.1) is 0 Å². The van der Waals surface area contributed by atoms with Crippen molar-refractivity contribution < 1.29 is 4.79 Å². The largest absolute Gasteiger partial charge is 0.338 e. The molecule has 0 saturated heterocycles. The van der Waals surface area contributed by atoms with Gasteiger partial charge in [0.1, 0.15) is 0 Å². The predicted octanol–water partition coefficient (Wildman–Crippen LogP) is 4.49. The SMILES string of the molecule is O=C(NCCc1ccc(Cl)cc1)Nc1ccc(-n2cccc2)cc1. The van der Waals surface area contributed by atoms with Gasteiger partial charge in [0.25, 0.3) is 0 Å². The van der Waals surface area contributed by atoms with E-state index < -0.39 is 0 Å². The monoisotopic (exact) mass is 339 g/mol. The van der Waals surface area contributed by atoms with Gasteiger partial charge in [-0.15, -0.1) is 0 Å². The van der Waals surface area contributed by atoms with Crippen LogP contribution < -0.4 is 10.6 Å². The molecular formula is C19H18ClN3O. The molecule has 1 aromatic heterocycles. The minimum Gasteiger partial charge on any atom is -0.338 e. The van der Waals surface area contributed by atoms with Crippen molar-refractivity contribution in [3.05, 3.63) is 83.6 Å². The molecule has 122 valence electrons. The summed E-state index contributed by atoms with van der Waals surface area (Å²) in [5.41, 5.74) is 2.94. The van der Waals surface area contributed by atoms with Crippen LogP contribution in [0.1, 0.15) is 5.56 Å². The molecule has 5 heteroatoms. The Bertz CT molecular complexity index is 780. The normalized spacial score (nSPS) is 10.4. The predicted molar refractivity (Wildman–Crippen MR) is 97.9 cm³/mol. The molecule has 2 N–H and O–H groups in total. The van der Waals surface area contributed by atoms with Gasteiger partial charge in [-0.25, -0.2) is 4.79 Å². The van der Waals surface area contributed by atoms with Gasteiger partial charge in [-0.1, -0.05) is 23.7 Å². The molecule has 2 aromatic carbocycles. The van der Waals surface area contributed by atoms with Gasteiger partial charge in [-0.05, 0) is 60.5 Å². The second-order valence-electron chi connectivity index (χ2n) is 5.39. The summed E-state index contributed by atoms with van der Waals surface area (Å²) in [7, 11) is 0. The Labute approximate surface area is 146 Å². The average Bonchev–Trinajstić information content (AvgIpc) is 3.12. The summed E-state index contributed by atoms with van der Waals surface area (Å²) in [5.74, 6) is 0. The molecule has 0 radical (unpaired) electrons. The lowest BCUT2D eigenvalue weighted by atomic mass is 10.1. The van der Waals surface area contributed by atoms with Crippen LogP contribution in [0.15, 0.2) is 73.1 Å². The van der Waals surface area contributed by atoms with E-state index in [9.17, 15) is 4.79 Å². The van der Waals surface area contributed by atoms with Crippen LogP contribution in [0.2, 0.25) is 5.02 Å². The number of aromatic nitrogens is 1. The summed E-state index contributed by atoms with van der Waals surface area (Å²) >= 11 is 5.85. The van der Waals surface area contributed by atoms with Crippen LogP contribution in [0.25, 0.3) is 5.69 Å². The van der Waals surface area contributed by atoms with E-state index >= 15 is 0 Å². The highest BCUT2D eigenvalue weighted by Crippen LogP contribution is 2.13. The van der Waals surface area contributed by atoms with Gasteiger partial charge < -0.3 is 15.2 Å². The van der Waals surface area contributed by atoms with Crippen molar-refractivity contribution >= 4 is 23.3 Å². The first-order chi connectivity index (χ1) is 11.7. The van der Waals surface area contributed by atoms with E-state index in [1.807, 2.05) is 77.6 Å². The van der Waals surface area contributed by atoms with Crippen molar-refractivity contribution in [2.45, 2.75) is 6.42 Å². The van der Waals surface area contributed by atoms with Gasteiger partial charge in [0.2, 0.25) is 0 Å². The van der Waals surface area contributed by atoms with Crippen molar-refractivity contribution in [2.24, 2.45) is 0 Å². The molecule has 1 heterocycles. The number of amides is 2. The molecule has 0 spiro atoms. The number of hydrogen-bond donors (Lipinski definition) is 2. The first-order valence-corrected chi connectivity index (χ1v) is 8.11. The average molecular weight is 340 g/mol. The van der Waals surface area contributed by atoms with E-state index in [0.717, 1.165) is 23.4 Å². The highest BCUT2D eigenvalue weighted by atomic mass is 35.5. The fraction of sp³-hybridized carbons (Fsp3) is 0.105. The van der Waals surface area contributed by atoms with Crippen LogP contribution in [0.5, 0.6) is 0 Å². The zero-order valence-electron chi connectivity index (χ0n) is 13.1. The van der Waals surface area contributed by atoms with Crippen molar-refractivity contribution in [1.29, 1.82) is 0 Å². The first kappa shape index (κ1) is 16.1. The van der Waals surface area contributed by atoms with Crippen LogP contribution in [0.3, 0.4) is 0 Å². The topological polar surface area (TPSA) is 46.1 Å². The number of anilines is 1. The van der Waals surface area contributed by atoms with E-state index in [-0.39, 0.29) is 6.03 Å². The summed E-state index contributed by atoms with van der Waals surface area (Å²) in [6, 6.07) is 19.0. The Morgan fingerprint density at radius 2 is 1.62 bits per heavy atom. The Morgan fingerprint density at radius 3 is 2.29 bits per heavy atom. The number of nitrogens with zero attached hydrogens (tertiary/aromatic N) is 1. The molecule has 0 fully saturated rings. The summed E-state index contributed by atoms with van der Waals surface area (Å²) in [6.07, 6.45) is 4.72. The quantitative estimate of drug-likeness (QED) is 0.706. The van der Waals surface area contributed by atoms with Crippen molar-refractivity contribution in [2.75, 3.05) is 11.9 Å². The van der Waals surface area contributed by atoms with Gasteiger partial charge in [0.15, 0.2) is 0 Å². The molecule has 0 bridgehead atoms. The van der Waals surface area contributed by atoms with Gasteiger partial charge in [0, 0.05) is 35.3 Å². The number of carbonyl (C=O) groups is 1. The lowest BCUT2D eigenvalue weighted by molar-refractivity contribution is 0.252. The van der Waals surface area contributed by atoms with Crippen LogP contribution >= 0.6 is 11.6 Å². The third-order valence-corrected chi connectivity index (χ3v) is 3.89. The summed E-state index contributed by atoms with van der Waals surface area (Å²) in [4.78, 5) is 11.9. The number of nitrogens with one attached hydrogen (secondary N) is 2. The maximum Gasteiger partial charge on any atom is 0.319 e. The van der Waals surface area contributed by atoms with Gasteiger partial charge in [0.05, 0.1) is 0 Å². The third kappa shape index (κ3) is 4.40. The van der Waals surface area contributed by atoms with Crippen LogP contribution in [-0.4, -0.2) is 17.1 Å². The highest BCUT2D eigenvalue weighted by molar-refractivity contribution is 6.30. The number of rotatable bonds is 5. The number of carbonyl (C=O) groups excluding carboxylic acids is 1. The van der Waals surface area contributed by atoms with Crippen molar-refractivity contribution in [1.82, 2.24) is 9.88 Å². The zero-order chi connectivity index (χ0) is 16.8. The highest BCUT2D eigenvalue weighted by Gasteiger charge is 2.02. The molecule has 0 atom stereocenters. The van der Waals surface area contributed by atoms with E-state index in [0.29, 0.717) is 11.6 Å². The van der Waals surface area contributed by atoms with E-state index in [2.05, 4.69) is 10.6 Å². The van der Waals surface area contributed by atoms with Gasteiger partial charge in [-0.2, -0.15) is 0 Å². The Hall–Kier alpha value is -2.72. The number of halogens is 1. The molecule has 2 amide bonds. The maximum absolute atomic E-state index is 11.9. The number of benzene rings is 2. The molecule has 0 saturated carbocycles. The smallest absolute Gasteiger partial charge is 0.319 e. The molecule has 24 heavy (non-hydrogen) atoms. The molecule has 0 unspecified atom stereocenters. The molecule has 0 aliphatic rings. The summed E-state index contributed by atoms with van der Waals surface area (Å²) in [5, 5.41) is 6.39. The molecule has 3 aromatic rings. The van der Waals surface area contributed by atoms with Crippen LogP contribution in [0.4, 0.5) is 10.5 Å². The van der Waals surface area contributed by atoms with Gasteiger partial charge in [-0.3, -0.25) is 0 Å². The second kappa shape index (κ2) is 7.70. The Morgan fingerprint density at radius 1 is 0.958 bits per heavy atom. The molecule has 0 aliphatic carbocycles. The molecular weight excluding hydrogens is 322 g/mol. The first-order valence-electron chi connectivity index (χ1n) is 7.73. The second-order valence-corrected chi connectivity index (χ2v) is 5.83. The molecule has 4 nitrogen and oxygen atoms in total. The van der Waals surface area contributed by atoms with E-state index in [1.165, 1.54) is 0 Å². The fourth-order valence-corrected chi connectivity index (χ4v) is 2.50. The Kier molecular flexibility index (Phi) is 5.18. The lowest BCUT2D eigenvalue weighted by Crippen LogP contribution is -2.30. The van der Waals surface area contributed by atoms with E-state index in [4.69, 9.17) is 11.6 Å². The number of urea groups is 1. The lowest BCUT2D eigenvalue weighted by Gasteiger charge is -2.09. The summed E-state index contributed by atoms with van der Waals surface area (Å²) < 4.78 is 2.01. The van der Waals surface area contributed by atoms with Crippen molar-refractivity contribution in [3.63, 3.8) is 0 Å². The zero-order valence-corrected chi connectivity index (χ0v) is 13.8. The molecule has 3 rings (SSSR count). The van der Waals surface area contributed by atoms with Crippen molar-refractivity contribution in [3.8, 4) is 5.69 Å². The third-order valence-electron chi connectivity index (χ3n) is 3.64.